The van der Waals surface area contributed by atoms with Crippen molar-refractivity contribution in [1.82, 2.24) is 5.32 Å². The summed E-state index contributed by atoms with van der Waals surface area (Å²) < 4.78 is 0. The average molecular weight is 291 g/mol. The maximum atomic E-state index is 11.7. The number of carbonyl (C=O) groups is 3. The number of Topliss-reactive ketones (excluding diaryl/α,β-unsaturated/α-hetero) is 1. The summed E-state index contributed by atoms with van der Waals surface area (Å²) >= 11 is 0. The van der Waals surface area contributed by atoms with E-state index in [0.29, 0.717) is 12.1 Å². The minimum absolute atomic E-state index is 0.00452. The maximum absolute atomic E-state index is 11.7. The van der Waals surface area contributed by atoms with Gasteiger partial charge in [0.2, 0.25) is 5.91 Å². The van der Waals surface area contributed by atoms with Crippen molar-refractivity contribution in [2.45, 2.75) is 40.2 Å². The molecule has 5 nitrogen and oxygen atoms in total. The van der Waals surface area contributed by atoms with Crippen LogP contribution in [0.3, 0.4) is 0 Å². The molecule has 0 saturated carbocycles. The molecule has 0 aromatic heterocycles. The van der Waals surface area contributed by atoms with Gasteiger partial charge < -0.3 is 10.4 Å². The molecule has 0 aliphatic carbocycles. The van der Waals surface area contributed by atoms with Crippen molar-refractivity contribution < 1.29 is 19.5 Å². The molecular formula is C16H21NO4. The molecule has 2 N–H and O–H groups in total. The van der Waals surface area contributed by atoms with Crippen LogP contribution < -0.4 is 5.32 Å². The SMILES string of the molecule is CC(C)(C)C(=O)NCc1ccc(C(=O)CCC(=O)O)cc1. The molecule has 5 heteroatoms. The van der Waals surface area contributed by atoms with E-state index in [0.717, 1.165) is 5.56 Å². The second-order valence-electron chi connectivity index (χ2n) is 5.95. The number of benzene rings is 1. The Morgan fingerprint density at radius 2 is 1.62 bits per heavy atom. The van der Waals surface area contributed by atoms with Crippen molar-refractivity contribution in [3.63, 3.8) is 0 Å². The van der Waals surface area contributed by atoms with E-state index in [1.807, 2.05) is 20.8 Å². The Morgan fingerprint density at radius 3 is 2.10 bits per heavy atom. The van der Waals surface area contributed by atoms with Gasteiger partial charge in [0.1, 0.15) is 0 Å². The van der Waals surface area contributed by atoms with Gasteiger partial charge in [-0.05, 0) is 5.56 Å². The van der Waals surface area contributed by atoms with Gasteiger partial charge in [-0.1, -0.05) is 45.0 Å². The lowest BCUT2D eigenvalue weighted by atomic mass is 9.95. The summed E-state index contributed by atoms with van der Waals surface area (Å²) in [5, 5.41) is 11.4. The summed E-state index contributed by atoms with van der Waals surface area (Å²) in [6.45, 7) is 5.92. The minimum atomic E-state index is -0.982. The molecule has 0 fully saturated rings. The van der Waals surface area contributed by atoms with Gasteiger partial charge >= 0.3 is 5.97 Å². The summed E-state index contributed by atoms with van der Waals surface area (Å²) in [7, 11) is 0. The van der Waals surface area contributed by atoms with Gasteiger partial charge in [0, 0.05) is 23.9 Å². The fourth-order valence-electron chi connectivity index (χ4n) is 1.62. The van der Waals surface area contributed by atoms with Gasteiger partial charge in [0.15, 0.2) is 5.78 Å². The normalized spacial score (nSPS) is 11.0. The smallest absolute Gasteiger partial charge is 0.303 e. The molecule has 0 unspecified atom stereocenters. The highest BCUT2D eigenvalue weighted by molar-refractivity contribution is 5.97. The highest BCUT2D eigenvalue weighted by Crippen LogP contribution is 2.13. The second-order valence-corrected chi connectivity index (χ2v) is 5.95. The van der Waals surface area contributed by atoms with Crippen molar-refractivity contribution in [3.8, 4) is 0 Å². The number of hydrogen-bond acceptors (Lipinski definition) is 3. The van der Waals surface area contributed by atoms with Crippen LogP contribution in [0.4, 0.5) is 0 Å². The Balaban J connectivity index is 2.56. The number of ketones is 1. The van der Waals surface area contributed by atoms with E-state index in [1.165, 1.54) is 0 Å². The standard InChI is InChI=1S/C16H21NO4/c1-16(2,3)15(21)17-10-11-4-6-12(7-5-11)13(18)8-9-14(19)20/h4-7H,8-10H2,1-3H3,(H,17,21)(H,19,20). The molecule has 1 rings (SSSR count). The monoisotopic (exact) mass is 291 g/mol. The first-order valence-electron chi connectivity index (χ1n) is 6.82. The Bertz CT molecular complexity index is 526. The molecule has 0 bridgehead atoms. The van der Waals surface area contributed by atoms with E-state index < -0.39 is 11.4 Å². The van der Waals surface area contributed by atoms with Crippen LogP contribution in [0.2, 0.25) is 0 Å². The number of amides is 1. The molecule has 0 aliphatic heterocycles. The molecule has 0 aliphatic rings. The van der Waals surface area contributed by atoms with Crippen molar-refractivity contribution >= 4 is 17.7 Å². The zero-order chi connectivity index (χ0) is 16.0. The number of hydrogen-bond donors (Lipinski definition) is 2. The summed E-state index contributed by atoms with van der Waals surface area (Å²) in [6, 6.07) is 6.83. The molecule has 1 aromatic carbocycles. The third-order valence-electron chi connectivity index (χ3n) is 2.98. The van der Waals surface area contributed by atoms with E-state index in [4.69, 9.17) is 5.11 Å². The van der Waals surface area contributed by atoms with Crippen LogP contribution in [0.1, 0.15) is 49.5 Å². The van der Waals surface area contributed by atoms with E-state index in [-0.39, 0.29) is 24.5 Å². The highest BCUT2D eigenvalue weighted by atomic mass is 16.4. The van der Waals surface area contributed by atoms with Crippen molar-refractivity contribution in [1.29, 1.82) is 0 Å². The molecule has 0 atom stereocenters. The van der Waals surface area contributed by atoms with Crippen LogP contribution in [0.5, 0.6) is 0 Å². The molecule has 114 valence electrons. The van der Waals surface area contributed by atoms with Gasteiger partial charge in [0.25, 0.3) is 0 Å². The van der Waals surface area contributed by atoms with Gasteiger partial charge in [-0.2, -0.15) is 0 Å². The summed E-state index contributed by atoms with van der Waals surface area (Å²) in [5.74, 6) is -1.21. The average Bonchev–Trinajstić information content (AvgIpc) is 2.41. The molecule has 1 amide bonds. The van der Waals surface area contributed by atoms with E-state index in [9.17, 15) is 14.4 Å². The van der Waals surface area contributed by atoms with E-state index in [1.54, 1.807) is 24.3 Å². The van der Waals surface area contributed by atoms with Gasteiger partial charge in [-0.15, -0.1) is 0 Å². The third kappa shape index (κ3) is 5.77. The first kappa shape index (κ1) is 16.9. The van der Waals surface area contributed by atoms with Crippen LogP contribution in [-0.2, 0) is 16.1 Å². The highest BCUT2D eigenvalue weighted by Gasteiger charge is 2.20. The Kier molecular flexibility index (Phi) is 5.64. The minimum Gasteiger partial charge on any atom is -0.481 e. The fraction of sp³-hybridized carbons (Fsp3) is 0.438. The number of aliphatic carboxylic acids is 1. The first-order chi connectivity index (χ1) is 9.70. The second kappa shape index (κ2) is 7.02. The molecule has 0 radical (unpaired) electrons. The predicted octanol–water partition coefficient (Wildman–Crippen LogP) is 2.40. The molecule has 0 spiro atoms. The number of rotatable bonds is 6. The lowest BCUT2D eigenvalue weighted by Gasteiger charge is -2.17. The Morgan fingerprint density at radius 1 is 1.05 bits per heavy atom. The van der Waals surface area contributed by atoms with Crippen molar-refractivity contribution in [2.24, 2.45) is 5.41 Å². The van der Waals surface area contributed by atoms with Gasteiger partial charge in [-0.25, -0.2) is 0 Å². The van der Waals surface area contributed by atoms with Gasteiger partial charge in [0.05, 0.1) is 6.42 Å². The van der Waals surface area contributed by atoms with Crippen LogP contribution in [0.25, 0.3) is 0 Å². The van der Waals surface area contributed by atoms with E-state index >= 15 is 0 Å². The van der Waals surface area contributed by atoms with Crippen LogP contribution >= 0.6 is 0 Å². The van der Waals surface area contributed by atoms with Gasteiger partial charge in [-0.3, -0.25) is 14.4 Å². The molecule has 21 heavy (non-hydrogen) atoms. The zero-order valence-corrected chi connectivity index (χ0v) is 12.6. The summed E-state index contributed by atoms with van der Waals surface area (Å²) in [5.41, 5.74) is 0.941. The summed E-state index contributed by atoms with van der Waals surface area (Å²) in [4.78, 5) is 33.9. The Labute approximate surface area is 124 Å². The first-order valence-corrected chi connectivity index (χ1v) is 6.82. The topological polar surface area (TPSA) is 83.5 Å². The number of nitrogens with one attached hydrogen (secondary N) is 1. The number of carboxylic acids is 1. The third-order valence-corrected chi connectivity index (χ3v) is 2.98. The molecule has 0 heterocycles. The van der Waals surface area contributed by atoms with Crippen molar-refractivity contribution in [2.75, 3.05) is 0 Å². The largest absolute Gasteiger partial charge is 0.481 e. The molecule has 0 saturated heterocycles. The number of carbonyl (C=O) groups excluding carboxylic acids is 2. The lowest BCUT2D eigenvalue weighted by Crippen LogP contribution is -2.34. The van der Waals surface area contributed by atoms with Crippen LogP contribution in [0, 0.1) is 5.41 Å². The molecule has 1 aromatic rings. The van der Waals surface area contributed by atoms with Crippen LogP contribution in [-0.4, -0.2) is 22.8 Å². The predicted molar refractivity (Wildman–Crippen MR) is 78.9 cm³/mol. The van der Waals surface area contributed by atoms with E-state index in [2.05, 4.69) is 5.32 Å². The quantitative estimate of drug-likeness (QED) is 0.788. The zero-order valence-electron chi connectivity index (χ0n) is 12.6. The lowest BCUT2D eigenvalue weighted by molar-refractivity contribution is -0.137. The maximum Gasteiger partial charge on any atom is 0.303 e. The molecular weight excluding hydrogens is 270 g/mol. The van der Waals surface area contributed by atoms with Crippen LogP contribution in [0.15, 0.2) is 24.3 Å². The van der Waals surface area contributed by atoms with Crippen molar-refractivity contribution in [3.05, 3.63) is 35.4 Å². The Hall–Kier alpha value is -2.17. The summed E-state index contributed by atoms with van der Waals surface area (Å²) in [6.07, 6.45) is -0.169. The fourth-order valence-corrected chi connectivity index (χ4v) is 1.62. The number of carboxylic acid groups (broad SMARTS) is 1.